The van der Waals surface area contributed by atoms with E-state index in [2.05, 4.69) is 20.8 Å². The largest absolute Gasteiger partial charge is 0.449 e. The van der Waals surface area contributed by atoms with E-state index in [9.17, 15) is 9.59 Å². The number of tetrazole rings is 1. The summed E-state index contributed by atoms with van der Waals surface area (Å²) in [6.07, 6.45) is 1.45. The van der Waals surface area contributed by atoms with Crippen LogP contribution >= 0.6 is 23.2 Å². The van der Waals surface area contributed by atoms with Crippen LogP contribution in [0.2, 0.25) is 10.0 Å². The molecule has 10 heteroatoms. The summed E-state index contributed by atoms with van der Waals surface area (Å²) < 4.78 is 6.99. The minimum atomic E-state index is -0.588. The molecule has 4 rings (SSSR count). The fourth-order valence-corrected chi connectivity index (χ4v) is 3.00. The van der Waals surface area contributed by atoms with E-state index in [0.717, 1.165) is 11.8 Å². The Balaban J connectivity index is 1.62. The van der Waals surface area contributed by atoms with Gasteiger partial charge in [-0.1, -0.05) is 23.2 Å². The van der Waals surface area contributed by atoms with Crippen molar-refractivity contribution in [2.45, 2.75) is 0 Å². The van der Waals surface area contributed by atoms with Gasteiger partial charge in [-0.15, -0.1) is 5.10 Å². The molecule has 4 aromatic rings. The van der Waals surface area contributed by atoms with Gasteiger partial charge in [-0.25, -0.2) is 4.68 Å². The van der Waals surface area contributed by atoms with Crippen molar-refractivity contribution >= 4 is 45.8 Å². The van der Waals surface area contributed by atoms with Gasteiger partial charge in [-0.2, -0.15) is 0 Å². The first-order valence-corrected chi connectivity index (χ1v) is 8.34. The molecule has 1 amide bonds. The van der Waals surface area contributed by atoms with Crippen molar-refractivity contribution < 1.29 is 9.21 Å². The zero-order valence-corrected chi connectivity index (χ0v) is 14.9. The SMILES string of the molecule is O=C(Nc1ccc(-n2cnnn2)cc1)c1cc(=O)c2cc(Cl)cc(Cl)c2o1. The number of carbonyl (C=O) groups is 1. The zero-order valence-electron chi connectivity index (χ0n) is 13.4. The summed E-state index contributed by atoms with van der Waals surface area (Å²) in [5.41, 5.74) is 0.910. The number of benzene rings is 2. The van der Waals surface area contributed by atoms with Crippen molar-refractivity contribution in [2.24, 2.45) is 0 Å². The lowest BCUT2D eigenvalue weighted by molar-refractivity contribution is 0.0997. The highest BCUT2D eigenvalue weighted by Crippen LogP contribution is 2.27. The summed E-state index contributed by atoms with van der Waals surface area (Å²) in [4.78, 5) is 24.7. The predicted octanol–water partition coefficient (Wildman–Crippen LogP) is 3.33. The first-order chi connectivity index (χ1) is 13.0. The number of nitrogens with zero attached hydrogens (tertiary/aromatic N) is 4. The van der Waals surface area contributed by atoms with E-state index in [1.807, 2.05) is 0 Å². The lowest BCUT2D eigenvalue weighted by Gasteiger charge is -2.07. The van der Waals surface area contributed by atoms with E-state index >= 15 is 0 Å². The van der Waals surface area contributed by atoms with Crippen LogP contribution in [0.3, 0.4) is 0 Å². The fraction of sp³-hybridized carbons (Fsp3) is 0. The van der Waals surface area contributed by atoms with Crippen molar-refractivity contribution in [1.29, 1.82) is 0 Å². The van der Waals surface area contributed by atoms with Gasteiger partial charge in [0.15, 0.2) is 16.8 Å². The minimum Gasteiger partial charge on any atom is -0.449 e. The molecule has 0 spiro atoms. The van der Waals surface area contributed by atoms with Gasteiger partial charge in [0.1, 0.15) is 6.33 Å². The van der Waals surface area contributed by atoms with Crippen LogP contribution in [0.15, 0.2) is 58.0 Å². The second kappa shape index (κ2) is 6.82. The van der Waals surface area contributed by atoms with Crippen molar-refractivity contribution in [3.8, 4) is 5.69 Å². The van der Waals surface area contributed by atoms with E-state index < -0.39 is 11.3 Å². The third-order valence-electron chi connectivity index (χ3n) is 3.71. The molecule has 2 aromatic carbocycles. The van der Waals surface area contributed by atoms with Gasteiger partial charge < -0.3 is 9.73 Å². The van der Waals surface area contributed by atoms with E-state index in [1.54, 1.807) is 24.3 Å². The number of anilines is 1. The van der Waals surface area contributed by atoms with Gasteiger partial charge in [-0.3, -0.25) is 9.59 Å². The highest BCUT2D eigenvalue weighted by Gasteiger charge is 2.15. The number of fused-ring (bicyclic) bond motifs is 1. The molecule has 0 aliphatic heterocycles. The number of hydrogen-bond acceptors (Lipinski definition) is 6. The van der Waals surface area contributed by atoms with Gasteiger partial charge in [0, 0.05) is 16.8 Å². The molecule has 0 radical (unpaired) electrons. The molecular weight excluding hydrogens is 393 g/mol. The van der Waals surface area contributed by atoms with E-state index in [-0.39, 0.29) is 21.8 Å². The maximum atomic E-state index is 12.5. The number of aromatic nitrogens is 4. The highest BCUT2D eigenvalue weighted by molar-refractivity contribution is 6.38. The summed E-state index contributed by atoms with van der Waals surface area (Å²) in [5.74, 6) is -0.753. The van der Waals surface area contributed by atoms with Crippen LogP contribution < -0.4 is 10.7 Å². The Bertz CT molecular complexity index is 1200. The molecule has 27 heavy (non-hydrogen) atoms. The Labute approximate surface area is 161 Å². The smallest absolute Gasteiger partial charge is 0.291 e. The van der Waals surface area contributed by atoms with Gasteiger partial charge in [0.05, 0.1) is 16.1 Å². The van der Waals surface area contributed by atoms with Gasteiger partial charge >= 0.3 is 0 Å². The predicted molar refractivity (Wildman–Crippen MR) is 99.6 cm³/mol. The van der Waals surface area contributed by atoms with Gasteiger partial charge in [0.25, 0.3) is 5.91 Å². The second-order valence-electron chi connectivity index (χ2n) is 5.49. The van der Waals surface area contributed by atoms with E-state index in [1.165, 1.54) is 23.1 Å². The minimum absolute atomic E-state index is 0.104. The average molecular weight is 402 g/mol. The van der Waals surface area contributed by atoms with Gasteiger partial charge in [0.2, 0.25) is 0 Å². The van der Waals surface area contributed by atoms with Crippen LogP contribution in [0, 0.1) is 0 Å². The molecule has 2 heterocycles. The molecule has 0 unspecified atom stereocenters. The Kier molecular flexibility index (Phi) is 4.35. The van der Waals surface area contributed by atoms with Crippen LogP contribution in [-0.2, 0) is 0 Å². The normalized spacial score (nSPS) is 10.9. The lowest BCUT2D eigenvalue weighted by Crippen LogP contribution is -2.15. The number of hydrogen-bond donors (Lipinski definition) is 1. The molecule has 0 aliphatic rings. The summed E-state index contributed by atoms with van der Waals surface area (Å²) >= 11 is 12.0. The highest BCUT2D eigenvalue weighted by atomic mass is 35.5. The first-order valence-electron chi connectivity index (χ1n) is 7.59. The standard InChI is InChI=1S/C17H9Cl2N5O3/c18-9-5-12-14(25)7-15(27-16(12)13(19)6-9)17(26)21-10-1-3-11(4-2-10)24-8-20-22-23-24/h1-8H,(H,21,26). The molecule has 0 bridgehead atoms. The molecule has 0 aliphatic carbocycles. The zero-order chi connectivity index (χ0) is 19.0. The molecule has 134 valence electrons. The molecule has 2 aromatic heterocycles. The van der Waals surface area contributed by atoms with Crippen molar-refractivity contribution in [3.05, 3.63) is 74.8 Å². The Morgan fingerprint density at radius 1 is 1.11 bits per heavy atom. The van der Waals surface area contributed by atoms with Crippen molar-refractivity contribution in [3.63, 3.8) is 0 Å². The molecule has 0 saturated heterocycles. The van der Waals surface area contributed by atoms with Crippen molar-refractivity contribution in [1.82, 2.24) is 20.2 Å². The summed E-state index contributed by atoms with van der Waals surface area (Å²) in [6, 6.07) is 10.8. The number of halogens is 2. The summed E-state index contributed by atoms with van der Waals surface area (Å²) in [7, 11) is 0. The molecule has 8 nitrogen and oxygen atoms in total. The molecular formula is C17H9Cl2N5O3. The monoisotopic (exact) mass is 401 g/mol. The topological polar surface area (TPSA) is 103 Å². The number of carbonyl (C=O) groups excluding carboxylic acids is 1. The molecule has 1 N–H and O–H groups in total. The quantitative estimate of drug-likeness (QED) is 0.564. The molecule has 0 saturated carbocycles. The van der Waals surface area contributed by atoms with Crippen molar-refractivity contribution in [2.75, 3.05) is 5.32 Å². The second-order valence-corrected chi connectivity index (χ2v) is 6.34. The maximum Gasteiger partial charge on any atom is 0.291 e. The van der Waals surface area contributed by atoms with Crippen LogP contribution in [0.4, 0.5) is 5.69 Å². The van der Waals surface area contributed by atoms with Gasteiger partial charge in [-0.05, 0) is 46.8 Å². The lowest BCUT2D eigenvalue weighted by atomic mass is 10.2. The summed E-state index contributed by atoms with van der Waals surface area (Å²) in [6.45, 7) is 0. The third-order valence-corrected chi connectivity index (χ3v) is 4.21. The van der Waals surface area contributed by atoms with Crippen LogP contribution in [0.1, 0.15) is 10.6 Å². The third kappa shape index (κ3) is 3.40. The first kappa shape index (κ1) is 17.2. The molecule has 0 fully saturated rings. The Hall–Kier alpha value is -3.23. The summed E-state index contributed by atoms with van der Waals surface area (Å²) in [5, 5.41) is 14.2. The van der Waals surface area contributed by atoms with E-state index in [4.69, 9.17) is 27.6 Å². The maximum absolute atomic E-state index is 12.5. The van der Waals surface area contributed by atoms with Crippen LogP contribution in [-0.4, -0.2) is 26.1 Å². The van der Waals surface area contributed by atoms with Crippen LogP contribution in [0.25, 0.3) is 16.7 Å². The van der Waals surface area contributed by atoms with Crippen LogP contribution in [0.5, 0.6) is 0 Å². The molecule has 0 atom stereocenters. The Morgan fingerprint density at radius 3 is 2.59 bits per heavy atom. The average Bonchev–Trinajstić information content (AvgIpc) is 3.17. The number of amides is 1. The van der Waals surface area contributed by atoms with E-state index in [0.29, 0.717) is 10.7 Å². The fourth-order valence-electron chi connectivity index (χ4n) is 2.47. The number of rotatable bonds is 3. The Morgan fingerprint density at radius 2 is 1.89 bits per heavy atom. The number of nitrogens with one attached hydrogen (secondary N) is 1.